The Balaban J connectivity index is 0.00000180. The number of hydrogen-bond acceptors (Lipinski definition) is 2. The molecule has 0 bridgehead atoms. The van der Waals surface area contributed by atoms with Gasteiger partial charge < -0.3 is 11.1 Å². The van der Waals surface area contributed by atoms with Crippen LogP contribution in [0, 0.1) is 17.3 Å². The zero-order valence-corrected chi connectivity index (χ0v) is 13.1. The predicted octanol–water partition coefficient (Wildman–Crippen LogP) is 2.87. The van der Waals surface area contributed by atoms with E-state index in [0.29, 0.717) is 23.9 Å². The molecule has 19 heavy (non-hydrogen) atoms. The minimum absolute atomic E-state index is 0. The molecule has 2 aliphatic rings. The second kappa shape index (κ2) is 6.94. The van der Waals surface area contributed by atoms with Crippen LogP contribution in [0.25, 0.3) is 0 Å². The van der Waals surface area contributed by atoms with E-state index < -0.39 is 0 Å². The molecule has 0 aromatic carbocycles. The zero-order chi connectivity index (χ0) is 13.2. The van der Waals surface area contributed by atoms with Crippen LogP contribution in [0.4, 0.5) is 0 Å². The van der Waals surface area contributed by atoms with Crippen LogP contribution in [0.2, 0.25) is 0 Å². The molecular formula is C15H29ClN2O. The fourth-order valence-electron chi connectivity index (χ4n) is 3.52. The molecule has 2 rings (SSSR count). The molecule has 0 spiro atoms. The molecular weight excluding hydrogens is 260 g/mol. The molecule has 1 amide bonds. The molecule has 112 valence electrons. The van der Waals surface area contributed by atoms with Gasteiger partial charge in [0.25, 0.3) is 0 Å². The predicted molar refractivity (Wildman–Crippen MR) is 81.3 cm³/mol. The van der Waals surface area contributed by atoms with E-state index in [1.165, 1.54) is 12.8 Å². The van der Waals surface area contributed by atoms with Crippen LogP contribution < -0.4 is 11.1 Å². The summed E-state index contributed by atoms with van der Waals surface area (Å²) in [6.07, 6.45) is 8.05. The van der Waals surface area contributed by atoms with E-state index in [0.717, 1.165) is 32.1 Å². The molecule has 0 aliphatic heterocycles. The van der Waals surface area contributed by atoms with Crippen LogP contribution in [-0.4, -0.2) is 18.5 Å². The third-order valence-electron chi connectivity index (χ3n) is 4.98. The highest BCUT2D eigenvalue weighted by Crippen LogP contribution is 2.36. The van der Waals surface area contributed by atoms with Crippen molar-refractivity contribution in [2.45, 2.75) is 64.8 Å². The first-order valence-electron chi connectivity index (χ1n) is 7.52. The van der Waals surface area contributed by atoms with Crippen molar-refractivity contribution in [1.82, 2.24) is 5.32 Å². The number of rotatable bonds is 3. The van der Waals surface area contributed by atoms with E-state index in [9.17, 15) is 4.79 Å². The monoisotopic (exact) mass is 288 g/mol. The van der Waals surface area contributed by atoms with Crippen molar-refractivity contribution >= 4 is 18.3 Å². The molecule has 2 atom stereocenters. The number of hydrogen-bond donors (Lipinski definition) is 2. The number of nitrogens with one attached hydrogen (secondary N) is 1. The van der Waals surface area contributed by atoms with E-state index in [1.54, 1.807) is 0 Å². The number of carbonyl (C=O) groups is 1. The molecule has 0 radical (unpaired) electrons. The van der Waals surface area contributed by atoms with Gasteiger partial charge in [0.15, 0.2) is 0 Å². The fourth-order valence-corrected chi connectivity index (χ4v) is 3.52. The molecule has 3 nitrogen and oxygen atoms in total. The van der Waals surface area contributed by atoms with Gasteiger partial charge in [0.05, 0.1) is 0 Å². The minimum Gasteiger partial charge on any atom is -0.353 e. The lowest BCUT2D eigenvalue weighted by atomic mass is 9.75. The molecule has 4 heteroatoms. The van der Waals surface area contributed by atoms with Gasteiger partial charge in [-0.1, -0.05) is 20.3 Å². The van der Waals surface area contributed by atoms with E-state index in [1.807, 2.05) is 0 Å². The largest absolute Gasteiger partial charge is 0.353 e. The highest BCUT2D eigenvalue weighted by Gasteiger charge is 2.34. The van der Waals surface area contributed by atoms with Crippen molar-refractivity contribution < 1.29 is 4.79 Å². The van der Waals surface area contributed by atoms with Crippen LogP contribution in [0.15, 0.2) is 0 Å². The van der Waals surface area contributed by atoms with Crippen LogP contribution in [-0.2, 0) is 4.79 Å². The number of halogens is 1. The Kier molecular flexibility index (Phi) is 6.13. The van der Waals surface area contributed by atoms with Crippen molar-refractivity contribution in [3.63, 3.8) is 0 Å². The standard InChI is InChI=1S/C15H28N2O.ClH/c1-15(2)8-6-12(7-9-15)17-14(18)13-5-3-4-11(13)10-16;/h11-13H,3-10,16H2,1-2H3,(H,17,18);1H/t11-,13-;/m1./s1. The van der Waals surface area contributed by atoms with Crippen molar-refractivity contribution in [2.75, 3.05) is 6.54 Å². The summed E-state index contributed by atoms with van der Waals surface area (Å²) in [5, 5.41) is 3.27. The van der Waals surface area contributed by atoms with Crippen LogP contribution in [0.5, 0.6) is 0 Å². The zero-order valence-electron chi connectivity index (χ0n) is 12.3. The van der Waals surface area contributed by atoms with Crippen molar-refractivity contribution in [1.29, 1.82) is 0 Å². The first-order chi connectivity index (χ1) is 8.52. The van der Waals surface area contributed by atoms with E-state index in [-0.39, 0.29) is 24.2 Å². The molecule has 3 N–H and O–H groups in total. The topological polar surface area (TPSA) is 55.1 Å². The summed E-state index contributed by atoms with van der Waals surface area (Å²) in [5.74, 6) is 0.877. The van der Waals surface area contributed by atoms with Gasteiger partial charge in [-0.25, -0.2) is 0 Å². The van der Waals surface area contributed by atoms with Crippen LogP contribution in [0.1, 0.15) is 58.8 Å². The normalized spacial score (nSPS) is 30.7. The lowest BCUT2D eigenvalue weighted by Crippen LogP contribution is -2.43. The van der Waals surface area contributed by atoms with E-state index >= 15 is 0 Å². The lowest BCUT2D eigenvalue weighted by Gasteiger charge is -2.35. The average molecular weight is 289 g/mol. The SMILES string of the molecule is CC1(C)CCC(NC(=O)[C@@H]2CCC[C@@H]2CN)CC1.Cl. The van der Waals surface area contributed by atoms with Crippen molar-refractivity contribution in [3.05, 3.63) is 0 Å². The first-order valence-corrected chi connectivity index (χ1v) is 7.52. The second-order valence-electron chi connectivity index (χ2n) is 6.98. The Labute approximate surface area is 123 Å². The van der Waals surface area contributed by atoms with Gasteiger partial charge in [-0.2, -0.15) is 0 Å². The van der Waals surface area contributed by atoms with Gasteiger partial charge in [-0.15, -0.1) is 12.4 Å². The van der Waals surface area contributed by atoms with Gasteiger partial charge in [-0.05, 0) is 56.4 Å². The summed E-state index contributed by atoms with van der Waals surface area (Å²) in [5.41, 5.74) is 6.22. The highest BCUT2D eigenvalue weighted by atomic mass is 35.5. The summed E-state index contributed by atoms with van der Waals surface area (Å²) in [4.78, 5) is 12.3. The summed E-state index contributed by atoms with van der Waals surface area (Å²) in [6.45, 7) is 5.31. The molecule has 0 saturated heterocycles. The maximum atomic E-state index is 12.3. The fraction of sp³-hybridized carbons (Fsp3) is 0.933. The number of amides is 1. The van der Waals surface area contributed by atoms with Crippen LogP contribution in [0.3, 0.4) is 0 Å². The molecule has 2 fully saturated rings. The maximum Gasteiger partial charge on any atom is 0.223 e. The van der Waals surface area contributed by atoms with Crippen LogP contribution >= 0.6 is 12.4 Å². The molecule has 2 saturated carbocycles. The first kappa shape index (κ1) is 16.8. The van der Waals surface area contributed by atoms with E-state index in [4.69, 9.17) is 5.73 Å². The van der Waals surface area contributed by atoms with Gasteiger partial charge in [0, 0.05) is 12.0 Å². The molecule has 0 unspecified atom stereocenters. The number of nitrogens with two attached hydrogens (primary N) is 1. The van der Waals surface area contributed by atoms with Crippen molar-refractivity contribution in [2.24, 2.45) is 23.0 Å². The highest BCUT2D eigenvalue weighted by molar-refractivity contribution is 5.85. The maximum absolute atomic E-state index is 12.3. The van der Waals surface area contributed by atoms with Gasteiger partial charge in [-0.3, -0.25) is 4.79 Å². The summed E-state index contributed by atoms with van der Waals surface area (Å²) in [7, 11) is 0. The molecule has 0 aromatic heterocycles. The third kappa shape index (κ3) is 4.35. The second-order valence-corrected chi connectivity index (χ2v) is 6.98. The Morgan fingerprint density at radius 3 is 2.42 bits per heavy atom. The quantitative estimate of drug-likeness (QED) is 0.839. The Morgan fingerprint density at radius 1 is 1.21 bits per heavy atom. The van der Waals surface area contributed by atoms with Crippen molar-refractivity contribution in [3.8, 4) is 0 Å². The Bertz CT molecular complexity index is 297. The minimum atomic E-state index is 0. The summed E-state index contributed by atoms with van der Waals surface area (Å²) >= 11 is 0. The smallest absolute Gasteiger partial charge is 0.223 e. The molecule has 0 heterocycles. The Morgan fingerprint density at radius 2 is 1.84 bits per heavy atom. The molecule has 2 aliphatic carbocycles. The average Bonchev–Trinajstić information content (AvgIpc) is 2.80. The summed E-state index contributed by atoms with van der Waals surface area (Å²) in [6, 6.07) is 0.407. The van der Waals surface area contributed by atoms with Gasteiger partial charge in [0.1, 0.15) is 0 Å². The van der Waals surface area contributed by atoms with Gasteiger partial charge >= 0.3 is 0 Å². The third-order valence-corrected chi connectivity index (χ3v) is 4.98. The Hall–Kier alpha value is -0.280. The summed E-state index contributed by atoms with van der Waals surface area (Å²) < 4.78 is 0. The van der Waals surface area contributed by atoms with E-state index in [2.05, 4.69) is 19.2 Å². The van der Waals surface area contributed by atoms with Gasteiger partial charge in [0.2, 0.25) is 5.91 Å². The number of carbonyl (C=O) groups excluding carboxylic acids is 1. The lowest BCUT2D eigenvalue weighted by molar-refractivity contribution is -0.127. The molecule has 0 aromatic rings.